The molecule has 7 nitrogen and oxygen atoms in total. The van der Waals surface area contributed by atoms with Gasteiger partial charge < -0.3 is 25.9 Å². The third-order valence-corrected chi connectivity index (χ3v) is 6.37. The minimum absolute atomic E-state index is 0. The molecule has 0 spiro atoms. The van der Waals surface area contributed by atoms with E-state index < -0.39 is 0 Å². The predicted octanol–water partition coefficient (Wildman–Crippen LogP) is 2.67. The van der Waals surface area contributed by atoms with E-state index in [1.54, 1.807) is 18.2 Å². The number of carbonyl (C=O) groups is 1. The van der Waals surface area contributed by atoms with Gasteiger partial charge in [0.1, 0.15) is 41.5 Å². The second kappa shape index (κ2) is 12.9. The van der Waals surface area contributed by atoms with E-state index in [4.69, 9.17) is 9.15 Å². The van der Waals surface area contributed by atoms with Gasteiger partial charge in [0.25, 0.3) is 0 Å². The number of aryl methyl sites for hydroxylation is 1. The summed E-state index contributed by atoms with van der Waals surface area (Å²) < 4.78 is 11.0. The van der Waals surface area contributed by atoms with E-state index >= 15 is 0 Å². The number of phenols is 3. The predicted molar refractivity (Wildman–Crippen MR) is 150 cm³/mol. The number of phenolic OH excluding ortho intramolecular Hbond substituents is 3. The normalized spacial score (nSPS) is 13.5. The van der Waals surface area contributed by atoms with E-state index in [1.165, 1.54) is 54.3 Å². The molecule has 1 aromatic heterocycles. The number of aromatic hydroxyl groups is 3. The maximum Gasteiger partial charge on any atom is 1.00 e. The summed E-state index contributed by atoms with van der Waals surface area (Å²) in [4.78, 5) is 24.8. The smallest absolute Gasteiger partial charge is 1.00 e. The van der Waals surface area contributed by atoms with Crippen molar-refractivity contribution in [1.82, 2.24) is 0 Å². The number of benzene rings is 4. The largest absolute Gasteiger partial charge is 1.00 e. The fourth-order valence-electron chi connectivity index (χ4n) is 4.27. The number of hydrogen-bond donors (Lipinski definition) is 3. The molecule has 4 aromatic carbocycles. The molecule has 0 saturated heterocycles. The van der Waals surface area contributed by atoms with Gasteiger partial charge in [0.15, 0.2) is 11.2 Å². The number of rotatable bonds is 2. The summed E-state index contributed by atoms with van der Waals surface area (Å²) in [6.07, 6.45) is 1.36. The topological polar surface area (TPSA) is 117 Å². The Balaban J connectivity index is 0.000000267. The summed E-state index contributed by atoms with van der Waals surface area (Å²) in [6.45, 7) is 2.33. The molecule has 2 heterocycles. The molecule has 1 atom stereocenters. The first kappa shape index (κ1) is 30.6. The minimum atomic E-state index is -0.266. The standard InChI is InChI=1S/C16H14O3.C15H10O4.B.Na.H/c1-10-2-4-11(5-3-10)14-9-19-15-8-12(17)6-7-13(15)16(14)18;16-10-3-1-9(2-4-10)13-8-19-14-7-11(17)5-6-12(14)15(13)18;;;/h2-8,14,17H,9H2,1H3;1-8,16-17H;;;/q;;;+1;-1. The summed E-state index contributed by atoms with van der Waals surface area (Å²) in [5.74, 6) is 0.545. The van der Waals surface area contributed by atoms with Crippen LogP contribution >= 0.6 is 0 Å². The molecule has 1 unspecified atom stereocenters. The number of hydrogen-bond acceptors (Lipinski definition) is 7. The molecule has 0 amide bonds. The van der Waals surface area contributed by atoms with Crippen molar-refractivity contribution in [3.8, 4) is 34.1 Å². The summed E-state index contributed by atoms with van der Waals surface area (Å²) in [5, 5.41) is 28.4. The summed E-state index contributed by atoms with van der Waals surface area (Å²) in [6, 6.07) is 23.2. The number of Topliss-reactive ketones (excluding diaryl/α,β-unsaturated/α-hetero) is 1. The van der Waals surface area contributed by atoms with Crippen LogP contribution in [-0.4, -0.2) is 36.1 Å². The summed E-state index contributed by atoms with van der Waals surface area (Å²) in [5.41, 5.74) is 3.92. The molecule has 0 bridgehead atoms. The number of ether oxygens (including phenoxy) is 1. The summed E-state index contributed by atoms with van der Waals surface area (Å²) >= 11 is 0. The van der Waals surface area contributed by atoms with Gasteiger partial charge in [-0.1, -0.05) is 42.0 Å². The molecule has 0 saturated carbocycles. The Labute approximate surface area is 256 Å². The van der Waals surface area contributed by atoms with Crippen LogP contribution in [0.2, 0.25) is 0 Å². The van der Waals surface area contributed by atoms with Crippen LogP contribution in [0.15, 0.2) is 100 Å². The van der Waals surface area contributed by atoms with Crippen LogP contribution in [0.25, 0.3) is 22.1 Å². The molecule has 0 fully saturated rings. The molecular weight excluding hydrogens is 518 g/mol. The molecule has 1 aliphatic rings. The number of fused-ring (bicyclic) bond motifs is 2. The van der Waals surface area contributed by atoms with Crippen molar-refractivity contribution >= 4 is 25.2 Å². The Morgan fingerprint density at radius 2 is 1.40 bits per heavy atom. The van der Waals surface area contributed by atoms with E-state index in [1.807, 2.05) is 31.2 Å². The third kappa shape index (κ3) is 6.42. The Morgan fingerprint density at radius 1 is 0.775 bits per heavy atom. The van der Waals surface area contributed by atoms with Crippen LogP contribution < -0.4 is 39.7 Å². The minimum Gasteiger partial charge on any atom is -1.00 e. The van der Waals surface area contributed by atoms with Crippen molar-refractivity contribution in [3.63, 3.8) is 0 Å². The Kier molecular flexibility index (Phi) is 9.87. The van der Waals surface area contributed by atoms with Gasteiger partial charge in [-0.25, -0.2) is 0 Å². The Bertz CT molecular complexity index is 1700. The van der Waals surface area contributed by atoms with E-state index in [2.05, 4.69) is 0 Å². The van der Waals surface area contributed by atoms with Gasteiger partial charge in [-0.05, 0) is 54.4 Å². The number of ketones is 1. The molecule has 3 N–H and O–H groups in total. The van der Waals surface area contributed by atoms with E-state index in [0.29, 0.717) is 40.0 Å². The Hall–Kier alpha value is -3.98. The van der Waals surface area contributed by atoms with Gasteiger partial charge in [0.05, 0.1) is 22.4 Å². The average Bonchev–Trinajstić information content (AvgIpc) is 2.91. The first-order valence-corrected chi connectivity index (χ1v) is 11.9. The molecule has 0 aliphatic carbocycles. The fraction of sp³-hybridized carbons (Fsp3) is 0.0968. The van der Waals surface area contributed by atoms with Crippen LogP contribution in [0, 0.1) is 6.92 Å². The molecular formula is C31H25BNaO7. The zero-order valence-electron chi connectivity index (χ0n) is 23.0. The molecule has 5 aromatic rings. The van der Waals surface area contributed by atoms with Crippen LogP contribution in [-0.2, 0) is 0 Å². The maximum atomic E-state index is 12.5. The van der Waals surface area contributed by atoms with Crippen molar-refractivity contribution < 1.29 is 60.3 Å². The zero-order valence-corrected chi connectivity index (χ0v) is 24.0. The van der Waals surface area contributed by atoms with Crippen molar-refractivity contribution in [2.75, 3.05) is 6.61 Å². The zero-order chi connectivity index (χ0) is 26.8. The average molecular weight is 543 g/mol. The van der Waals surface area contributed by atoms with Gasteiger partial charge in [-0.2, -0.15) is 0 Å². The van der Waals surface area contributed by atoms with Gasteiger partial charge in [-0.15, -0.1) is 0 Å². The SMILES string of the molecule is Cc1ccc(C2COc3cc(O)ccc3C2=O)cc1.O=c1c(-c2ccc(O)cc2)coc2cc(O)ccc12.[B].[H-].[Na+]. The van der Waals surface area contributed by atoms with Gasteiger partial charge in [-0.3, -0.25) is 9.59 Å². The molecule has 9 heteroatoms. The van der Waals surface area contributed by atoms with Crippen LogP contribution in [0.5, 0.6) is 23.0 Å². The van der Waals surface area contributed by atoms with Crippen molar-refractivity contribution in [2.24, 2.45) is 0 Å². The molecule has 40 heavy (non-hydrogen) atoms. The van der Waals surface area contributed by atoms with Crippen LogP contribution in [0.3, 0.4) is 0 Å². The third-order valence-electron chi connectivity index (χ3n) is 6.37. The van der Waals surface area contributed by atoms with Gasteiger partial charge in [0, 0.05) is 20.5 Å². The maximum absolute atomic E-state index is 12.5. The van der Waals surface area contributed by atoms with E-state index in [0.717, 1.165) is 5.56 Å². The van der Waals surface area contributed by atoms with Gasteiger partial charge >= 0.3 is 29.6 Å². The summed E-state index contributed by atoms with van der Waals surface area (Å²) in [7, 11) is 0. The molecule has 195 valence electrons. The first-order valence-electron chi connectivity index (χ1n) is 11.9. The van der Waals surface area contributed by atoms with Crippen molar-refractivity contribution in [3.05, 3.63) is 118 Å². The second-order valence-corrected chi connectivity index (χ2v) is 9.02. The van der Waals surface area contributed by atoms with Gasteiger partial charge in [0.2, 0.25) is 0 Å². The van der Waals surface area contributed by atoms with E-state index in [-0.39, 0.29) is 73.8 Å². The quantitative estimate of drug-likeness (QED) is 0.293. The van der Waals surface area contributed by atoms with Crippen LogP contribution in [0.4, 0.5) is 0 Å². The van der Waals surface area contributed by atoms with Crippen LogP contribution in [0.1, 0.15) is 28.8 Å². The number of carbonyl (C=O) groups excluding carboxylic acids is 1. The first-order chi connectivity index (χ1) is 18.3. The van der Waals surface area contributed by atoms with Crippen molar-refractivity contribution in [1.29, 1.82) is 0 Å². The molecule has 3 radical (unpaired) electrons. The molecule has 6 rings (SSSR count). The fourth-order valence-corrected chi connectivity index (χ4v) is 4.27. The molecule has 1 aliphatic heterocycles. The Morgan fingerprint density at radius 3 is 2.10 bits per heavy atom. The van der Waals surface area contributed by atoms with Crippen molar-refractivity contribution in [2.45, 2.75) is 12.8 Å². The monoisotopic (exact) mass is 543 g/mol. The van der Waals surface area contributed by atoms with E-state index in [9.17, 15) is 24.9 Å². The second-order valence-electron chi connectivity index (χ2n) is 9.02.